The second-order valence-electron chi connectivity index (χ2n) is 3.59. The number of alkyl halides is 2. The molecule has 0 amide bonds. The van der Waals surface area contributed by atoms with Gasteiger partial charge in [-0.25, -0.2) is 8.78 Å². The van der Waals surface area contributed by atoms with E-state index in [1.54, 1.807) is 11.8 Å². The third-order valence-electron chi connectivity index (χ3n) is 2.57. The first-order valence-corrected chi connectivity index (χ1v) is 5.31. The highest BCUT2D eigenvalue weighted by Gasteiger charge is 2.43. The number of halogens is 2. The number of thioether (sulfide) groups is 1. The van der Waals surface area contributed by atoms with E-state index in [9.17, 15) is 8.78 Å². The summed E-state index contributed by atoms with van der Waals surface area (Å²) in [4.78, 5) is 0. The van der Waals surface area contributed by atoms with Gasteiger partial charge in [-0.1, -0.05) is 0 Å². The summed E-state index contributed by atoms with van der Waals surface area (Å²) in [5.41, 5.74) is 0. The van der Waals surface area contributed by atoms with Crippen molar-refractivity contribution in [2.75, 3.05) is 0 Å². The third-order valence-corrected chi connectivity index (χ3v) is 3.94. The van der Waals surface area contributed by atoms with Crippen molar-refractivity contribution in [1.29, 1.82) is 0 Å². The molecule has 4 heteroatoms. The second kappa shape index (κ2) is 3.14. The van der Waals surface area contributed by atoms with Crippen LogP contribution in [0.25, 0.3) is 0 Å². The lowest BCUT2D eigenvalue weighted by Crippen LogP contribution is -2.46. The van der Waals surface area contributed by atoms with Gasteiger partial charge in [-0.2, -0.15) is 0 Å². The van der Waals surface area contributed by atoms with E-state index in [0.29, 0.717) is 6.42 Å². The lowest BCUT2D eigenvalue weighted by Gasteiger charge is -2.29. The topological polar surface area (TPSA) is 12.0 Å². The van der Waals surface area contributed by atoms with Gasteiger partial charge in [0, 0.05) is 11.7 Å². The molecular weight excluding hydrogens is 180 g/mol. The van der Waals surface area contributed by atoms with Crippen LogP contribution in [0.1, 0.15) is 19.8 Å². The summed E-state index contributed by atoms with van der Waals surface area (Å²) in [7, 11) is 0. The molecule has 70 valence electrons. The van der Waals surface area contributed by atoms with Crippen molar-refractivity contribution < 1.29 is 8.78 Å². The Morgan fingerprint density at radius 1 is 1.33 bits per heavy atom. The fourth-order valence-corrected chi connectivity index (χ4v) is 3.54. The highest BCUT2D eigenvalue weighted by Crippen LogP contribution is 2.38. The minimum absolute atomic E-state index is 0.0848. The molecule has 0 spiro atoms. The van der Waals surface area contributed by atoms with E-state index in [0.717, 1.165) is 0 Å². The van der Waals surface area contributed by atoms with E-state index in [1.807, 2.05) is 6.92 Å². The van der Waals surface area contributed by atoms with Crippen LogP contribution in [0.15, 0.2) is 0 Å². The molecule has 1 heterocycles. The van der Waals surface area contributed by atoms with Crippen LogP contribution < -0.4 is 5.32 Å². The van der Waals surface area contributed by atoms with Crippen LogP contribution in [0.5, 0.6) is 0 Å². The van der Waals surface area contributed by atoms with Crippen molar-refractivity contribution in [1.82, 2.24) is 5.32 Å². The fourth-order valence-electron chi connectivity index (χ4n) is 2.04. The van der Waals surface area contributed by atoms with Crippen LogP contribution in [0, 0.1) is 0 Å². The zero-order chi connectivity index (χ0) is 8.72. The summed E-state index contributed by atoms with van der Waals surface area (Å²) in [5.74, 6) is 0. The molecule has 0 aromatic carbocycles. The largest absolute Gasteiger partial charge is 0.299 e. The van der Waals surface area contributed by atoms with Crippen LogP contribution >= 0.6 is 11.8 Å². The van der Waals surface area contributed by atoms with Gasteiger partial charge in [0.15, 0.2) is 0 Å². The Bertz CT molecular complexity index is 178. The van der Waals surface area contributed by atoms with Crippen molar-refractivity contribution in [2.45, 2.75) is 48.8 Å². The van der Waals surface area contributed by atoms with E-state index < -0.39 is 12.3 Å². The average molecular weight is 193 g/mol. The quantitative estimate of drug-likeness (QED) is 0.630. The van der Waals surface area contributed by atoms with Gasteiger partial charge < -0.3 is 0 Å². The summed E-state index contributed by atoms with van der Waals surface area (Å²) < 4.78 is 26.2. The molecule has 5 unspecified atom stereocenters. The molecule has 12 heavy (non-hydrogen) atoms. The second-order valence-corrected chi connectivity index (χ2v) is 5.18. The highest BCUT2D eigenvalue weighted by atomic mass is 32.2. The normalized spacial score (nSPS) is 53.8. The van der Waals surface area contributed by atoms with Crippen molar-refractivity contribution >= 4 is 11.8 Å². The molecule has 2 fully saturated rings. The monoisotopic (exact) mass is 193 g/mol. The van der Waals surface area contributed by atoms with Gasteiger partial charge in [-0.05, 0) is 13.3 Å². The van der Waals surface area contributed by atoms with Crippen LogP contribution in [-0.2, 0) is 0 Å². The van der Waals surface area contributed by atoms with Crippen LogP contribution in [0.4, 0.5) is 8.78 Å². The molecule has 1 aliphatic heterocycles. The molecule has 1 saturated carbocycles. The lowest BCUT2D eigenvalue weighted by molar-refractivity contribution is 0.132. The Hall–Kier alpha value is 0.170. The van der Waals surface area contributed by atoms with Gasteiger partial charge in [-0.15, -0.1) is 11.8 Å². The van der Waals surface area contributed by atoms with Crippen molar-refractivity contribution in [2.24, 2.45) is 0 Å². The number of fused-ring (bicyclic) bond motifs is 1. The highest BCUT2D eigenvalue weighted by molar-refractivity contribution is 8.00. The smallest absolute Gasteiger partial charge is 0.119 e. The molecule has 1 saturated heterocycles. The maximum absolute atomic E-state index is 13.2. The zero-order valence-electron chi connectivity index (χ0n) is 6.97. The lowest BCUT2D eigenvalue weighted by atomic mass is 9.92. The standard InChI is InChI=1S/C8H13F2NS/c1-4-11-8-6(10)2-5(9)3-7(8)12-4/h4-8,11H,2-3H2,1H3. The molecule has 0 bridgehead atoms. The van der Waals surface area contributed by atoms with Gasteiger partial charge in [0.05, 0.1) is 11.4 Å². The maximum atomic E-state index is 13.2. The van der Waals surface area contributed by atoms with Crippen LogP contribution in [0.3, 0.4) is 0 Å². The van der Waals surface area contributed by atoms with Crippen LogP contribution in [0.2, 0.25) is 0 Å². The zero-order valence-corrected chi connectivity index (χ0v) is 7.78. The van der Waals surface area contributed by atoms with Gasteiger partial charge in [-0.3, -0.25) is 5.32 Å². The van der Waals surface area contributed by atoms with E-state index in [2.05, 4.69) is 5.32 Å². The average Bonchev–Trinajstić information content (AvgIpc) is 2.29. The predicted molar refractivity (Wildman–Crippen MR) is 46.8 cm³/mol. The third kappa shape index (κ3) is 1.46. The first-order chi connectivity index (χ1) is 5.66. The van der Waals surface area contributed by atoms with Crippen LogP contribution in [-0.4, -0.2) is 29.0 Å². The maximum Gasteiger partial charge on any atom is 0.119 e. The summed E-state index contributed by atoms with van der Waals surface area (Å²) >= 11 is 1.67. The van der Waals surface area contributed by atoms with Crippen molar-refractivity contribution in [3.05, 3.63) is 0 Å². The molecule has 0 aromatic heterocycles. The Kier molecular flexibility index (Phi) is 2.29. The molecule has 0 aromatic rings. The molecule has 1 nitrogen and oxygen atoms in total. The number of rotatable bonds is 0. The predicted octanol–water partition coefficient (Wildman–Crippen LogP) is 1.88. The summed E-state index contributed by atoms with van der Waals surface area (Å²) in [6.45, 7) is 2.00. The minimum Gasteiger partial charge on any atom is -0.299 e. The molecule has 2 aliphatic rings. The van der Waals surface area contributed by atoms with Gasteiger partial charge >= 0.3 is 0 Å². The van der Waals surface area contributed by atoms with Crippen molar-refractivity contribution in [3.63, 3.8) is 0 Å². The first-order valence-electron chi connectivity index (χ1n) is 4.36. The summed E-state index contributed by atoms with van der Waals surface area (Å²) in [6, 6.07) is -0.100. The minimum atomic E-state index is -0.990. The first kappa shape index (κ1) is 8.75. The fraction of sp³-hybridized carbons (Fsp3) is 1.00. The van der Waals surface area contributed by atoms with Crippen molar-refractivity contribution in [3.8, 4) is 0 Å². The number of nitrogens with one attached hydrogen (secondary N) is 1. The van der Waals surface area contributed by atoms with Gasteiger partial charge in [0.2, 0.25) is 0 Å². The molecule has 1 N–H and O–H groups in total. The Morgan fingerprint density at radius 2 is 2.08 bits per heavy atom. The van der Waals surface area contributed by atoms with E-state index in [4.69, 9.17) is 0 Å². The summed E-state index contributed by atoms with van der Waals surface area (Å²) in [5, 5.41) is 3.58. The SMILES string of the molecule is CC1NC2C(F)CC(F)CC2S1. The van der Waals surface area contributed by atoms with E-state index in [-0.39, 0.29) is 23.1 Å². The number of hydrogen-bond donors (Lipinski definition) is 1. The van der Waals surface area contributed by atoms with Gasteiger partial charge in [0.25, 0.3) is 0 Å². The Labute approximate surface area is 75.3 Å². The Morgan fingerprint density at radius 3 is 2.83 bits per heavy atom. The molecule has 2 rings (SSSR count). The van der Waals surface area contributed by atoms with E-state index >= 15 is 0 Å². The molecule has 0 radical (unpaired) electrons. The molecule has 5 atom stereocenters. The molecular formula is C8H13F2NS. The summed E-state index contributed by atoms with van der Waals surface area (Å²) in [6.07, 6.45) is -1.31. The molecule has 1 aliphatic carbocycles. The van der Waals surface area contributed by atoms with Gasteiger partial charge in [0.1, 0.15) is 12.3 Å². The van der Waals surface area contributed by atoms with E-state index in [1.165, 1.54) is 0 Å². The number of hydrogen-bond acceptors (Lipinski definition) is 2. The Balaban J connectivity index is 2.05.